The van der Waals surface area contributed by atoms with Gasteiger partial charge in [-0.05, 0) is 23.6 Å². The van der Waals surface area contributed by atoms with Crippen molar-refractivity contribution in [2.75, 3.05) is 32.8 Å². The van der Waals surface area contributed by atoms with Crippen LogP contribution in [0.3, 0.4) is 0 Å². The number of benzene rings is 1. The van der Waals surface area contributed by atoms with Crippen LogP contribution in [0.25, 0.3) is 0 Å². The lowest BCUT2D eigenvalue weighted by Crippen LogP contribution is -2.48. The molecular weight excluding hydrogens is 333 g/mol. The number of hydrogen-bond donors (Lipinski definition) is 2. The van der Waals surface area contributed by atoms with Crippen molar-refractivity contribution in [3.05, 3.63) is 35.6 Å². The van der Waals surface area contributed by atoms with Crippen LogP contribution in [-0.2, 0) is 9.53 Å². The van der Waals surface area contributed by atoms with Crippen LogP contribution >= 0.6 is 12.4 Å². The number of carbonyl (C=O) groups is 1. The Morgan fingerprint density at radius 2 is 2.04 bits per heavy atom. The number of rotatable bonds is 6. The minimum atomic E-state index is -0.534. The predicted octanol–water partition coefficient (Wildman–Crippen LogP) is 1.72. The van der Waals surface area contributed by atoms with Crippen molar-refractivity contribution in [2.24, 2.45) is 11.7 Å². The van der Waals surface area contributed by atoms with Crippen LogP contribution in [-0.4, -0.2) is 49.7 Å². The molecule has 1 aliphatic heterocycles. The lowest BCUT2D eigenvalue weighted by Gasteiger charge is -2.35. The van der Waals surface area contributed by atoms with Crippen molar-refractivity contribution in [3.8, 4) is 0 Å². The fourth-order valence-corrected chi connectivity index (χ4v) is 2.68. The molecule has 136 valence electrons. The molecule has 1 unspecified atom stereocenters. The fourth-order valence-electron chi connectivity index (χ4n) is 2.68. The summed E-state index contributed by atoms with van der Waals surface area (Å²) in [6.45, 7) is 7.03. The maximum atomic E-state index is 13.6. The highest BCUT2D eigenvalue weighted by molar-refractivity contribution is 5.85. The van der Waals surface area contributed by atoms with Gasteiger partial charge in [0, 0.05) is 19.6 Å². The van der Waals surface area contributed by atoms with E-state index in [1.165, 1.54) is 12.1 Å². The Balaban J connectivity index is 0.00000288. The number of hydrogen-bond acceptors (Lipinski definition) is 4. The number of ether oxygens (including phenoxy) is 1. The van der Waals surface area contributed by atoms with Crippen molar-refractivity contribution < 1.29 is 13.9 Å². The maximum absolute atomic E-state index is 13.6. The highest BCUT2D eigenvalue weighted by Crippen LogP contribution is 2.22. The zero-order chi connectivity index (χ0) is 16.8. The summed E-state index contributed by atoms with van der Waals surface area (Å²) in [6, 6.07) is 5.91. The minimum absolute atomic E-state index is 0. The van der Waals surface area contributed by atoms with Gasteiger partial charge < -0.3 is 15.8 Å². The number of carbonyl (C=O) groups excluding carboxylic acids is 1. The van der Waals surface area contributed by atoms with Gasteiger partial charge in [-0.15, -0.1) is 12.4 Å². The summed E-state index contributed by atoms with van der Waals surface area (Å²) in [4.78, 5) is 14.3. The predicted molar refractivity (Wildman–Crippen MR) is 94.6 cm³/mol. The highest BCUT2D eigenvalue weighted by Gasteiger charge is 2.25. The van der Waals surface area contributed by atoms with E-state index in [1.807, 2.05) is 19.9 Å². The molecule has 0 spiro atoms. The largest absolute Gasteiger partial charge is 0.379 e. The normalized spacial score (nSPS) is 17.9. The first-order valence-electron chi connectivity index (χ1n) is 8.09. The van der Waals surface area contributed by atoms with E-state index in [0.717, 1.165) is 18.7 Å². The number of amides is 1. The molecule has 1 aromatic rings. The van der Waals surface area contributed by atoms with Crippen molar-refractivity contribution in [1.82, 2.24) is 10.2 Å². The molecule has 1 aliphatic rings. The van der Waals surface area contributed by atoms with E-state index in [0.29, 0.717) is 19.8 Å². The molecule has 2 atom stereocenters. The Hall–Kier alpha value is -1.21. The van der Waals surface area contributed by atoms with E-state index in [2.05, 4.69) is 10.2 Å². The molecule has 0 bridgehead atoms. The maximum Gasteiger partial charge on any atom is 0.237 e. The number of halogens is 2. The number of nitrogens with zero attached hydrogens (tertiary/aromatic N) is 1. The summed E-state index contributed by atoms with van der Waals surface area (Å²) < 4.78 is 19.0. The van der Waals surface area contributed by atoms with Gasteiger partial charge in [0.2, 0.25) is 5.91 Å². The molecule has 0 aliphatic carbocycles. The van der Waals surface area contributed by atoms with Crippen LogP contribution in [0, 0.1) is 11.7 Å². The molecule has 2 rings (SSSR count). The number of nitrogens with two attached hydrogens (primary N) is 1. The van der Waals surface area contributed by atoms with Gasteiger partial charge in [-0.3, -0.25) is 9.69 Å². The molecule has 5 nitrogen and oxygen atoms in total. The highest BCUT2D eigenvalue weighted by atomic mass is 35.5. The first-order chi connectivity index (χ1) is 11.0. The van der Waals surface area contributed by atoms with E-state index in [-0.39, 0.29) is 36.1 Å². The van der Waals surface area contributed by atoms with Crippen LogP contribution in [0.4, 0.5) is 4.39 Å². The smallest absolute Gasteiger partial charge is 0.237 e. The molecule has 0 saturated carbocycles. The molecule has 0 aromatic heterocycles. The van der Waals surface area contributed by atoms with Gasteiger partial charge in [-0.25, -0.2) is 4.39 Å². The quantitative estimate of drug-likeness (QED) is 0.811. The van der Waals surface area contributed by atoms with Crippen LogP contribution < -0.4 is 11.1 Å². The van der Waals surface area contributed by atoms with Gasteiger partial charge in [0.15, 0.2) is 0 Å². The Labute approximate surface area is 149 Å². The van der Waals surface area contributed by atoms with Gasteiger partial charge in [0.05, 0.1) is 25.3 Å². The SMILES string of the molecule is CC(C)[C@H](N)C(=O)NCC(c1cccc(F)c1)N1CCOCC1.Cl. The summed E-state index contributed by atoms with van der Waals surface area (Å²) >= 11 is 0. The third-order valence-corrected chi connectivity index (χ3v) is 4.21. The van der Waals surface area contributed by atoms with E-state index in [9.17, 15) is 9.18 Å². The second kappa shape index (κ2) is 9.93. The Morgan fingerprint density at radius 1 is 1.38 bits per heavy atom. The topological polar surface area (TPSA) is 67.6 Å². The second-order valence-electron chi connectivity index (χ2n) is 6.23. The van der Waals surface area contributed by atoms with E-state index in [4.69, 9.17) is 10.5 Å². The zero-order valence-electron chi connectivity index (χ0n) is 14.2. The molecule has 0 radical (unpaired) electrons. The first kappa shape index (κ1) is 20.8. The number of nitrogens with one attached hydrogen (secondary N) is 1. The summed E-state index contributed by atoms with van der Waals surface area (Å²) in [6.07, 6.45) is 0. The van der Waals surface area contributed by atoms with Gasteiger partial charge in [0.1, 0.15) is 5.82 Å². The Morgan fingerprint density at radius 3 is 2.62 bits per heavy atom. The Bertz CT molecular complexity index is 524. The Kier molecular flexibility index (Phi) is 8.62. The van der Waals surface area contributed by atoms with Gasteiger partial charge in [-0.1, -0.05) is 26.0 Å². The third kappa shape index (κ3) is 5.70. The number of morpholine rings is 1. The summed E-state index contributed by atoms with van der Waals surface area (Å²) in [7, 11) is 0. The molecule has 1 saturated heterocycles. The van der Waals surface area contributed by atoms with Crippen LogP contribution in [0.2, 0.25) is 0 Å². The van der Waals surface area contributed by atoms with Crippen molar-refractivity contribution in [3.63, 3.8) is 0 Å². The summed E-state index contributed by atoms with van der Waals surface area (Å²) in [5.74, 6) is -0.369. The molecular formula is C17H27ClFN3O2. The second-order valence-corrected chi connectivity index (χ2v) is 6.23. The van der Waals surface area contributed by atoms with Gasteiger partial charge in [-0.2, -0.15) is 0 Å². The average molecular weight is 360 g/mol. The van der Waals surface area contributed by atoms with Crippen LogP contribution in [0.1, 0.15) is 25.5 Å². The van der Waals surface area contributed by atoms with Crippen LogP contribution in [0.15, 0.2) is 24.3 Å². The minimum Gasteiger partial charge on any atom is -0.379 e. The summed E-state index contributed by atoms with van der Waals surface area (Å²) in [5, 5.41) is 2.91. The molecule has 1 fully saturated rings. The zero-order valence-corrected chi connectivity index (χ0v) is 15.0. The van der Waals surface area contributed by atoms with E-state index < -0.39 is 6.04 Å². The molecule has 3 N–H and O–H groups in total. The third-order valence-electron chi connectivity index (χ3n) is 4.21. The van der Waals surface area contributed by atoms with E-state index in [1.54, 1.807) is 6.07 Å². The van der Waals surface area contributed by atoms with Gasteiger partial charge >= 0.3 is 0 Å². The van der Waals surface area contributed by atoms with Crippen molar-refractivity contribution in [2.45, 2.75) is 25.9 Å². The lowest BCUT2D eigenvalue weighted by atomic mass is 10.0. The fraction of sp³-hybridized carbons (Fsp3) is 0.588. The van der Waals surface area contributed by atoms with E-state index >= 15 is 0 Å². The molecule has 1 heterocycles. The standard InChI is InChI=1S/C17H26FN3O2.ClH/c1-12(2)16(19)17(22)20-11-15(21-6-8-23-9-7-21)13-4-3-5-14(18)10-13;/h3-5,10,12,15-16H,6-9,11,19H2,1-2H3,(H,20,22);1H/t15?,16-;/m0./s1. The molecule has 1 aromatic carbocycles. The van der Waals surface area contributed by atoms with Crippen LogP contribution in [0.5, 0.6) is 0 Å². The average Bonchev–Trinajstić information content (AvgIpc) is 2.55. The monoisotopic (exact) mass is 359 g/mol. The summed E-state index contributed by atoms with van der Waals surface area (Å²) in [5.41, 5.74) is 6.73. The molecule has 24 heavy (non-hydrogen) atoms. The van der Waals surface area contributed by atoms with Gasteiger partial charge in [0.25, 0.3) is 0 Å². The first-order valence-corrected chi connectivity index (χ1v) is 8.09. The van der Waals surface area contributed by atoms with Crippen molar-refractivity contribution in [1.29, 1.82) is 0 Å². The lowest BCUT2D eigenvalue weighted by molar-refractivity contribution is -0.123. The molecule has 7 heteroatoms. The molecule has 1 amide bonds. The van der Waals surface area contributed by atoms with Crippen molar-refractivity contribution >= 4 is 18.3 Å².